The van der Waals surface area contributed by atoms with E-state index in [4.69, 9.17) is 9.84 Å². The summed E-state index contributed by atoms with van der Waals surface area (Å²) in [5, 5.41) is 8.57. The molecular weight excluding hydrogens is 182 g/mol. The van der Waals surface area contributed by atoms with Gasteiger partial charge in [-0.3, -0.25) is 9.69 Å². The van der Waals surface area contributed by atoms with Crippen molar-refractivity contribution in [1.29, 1.82) is 0 Å². The minimum Gasteiger partial charge on any atom is -0.481 e. The number of ether oxygens (including phenoxy) is 1. The van der Waals surface area contributed by atoms with Crippen LogP contribution in [0.1, 0.15) is 26.2 Å². The normalized spacial score (nSPS) is 21.5. The van der Waals surface area contributed by atoms with E-state index in [1.54, 1.807) is 0 Å². The molecule has 82 valence electrons. The van der Waals surface area contributed by atoms with Crippen molar-refractivity contribution in [3.8, 4) is 0 Å². The van der Waals surface area contributed by atoms with Gasteiger partial charge in [-0.05, 0) is 19.8 Å². The SMILES string of the molecule is CC(CCC(=O)O)N1CCCOCC1. The third kappa shape index (κ3) is 4.07. The molecule has 0 spiro atoms. The van der Waals surface area contributed by atoms with Crippen LogP contribution >= 0.6 is 0 Å². The lowest BCUT2D eigenvalue weighted by Crippen LogP contribution is -2.35. The topological polar surface area (TPSA) is 49.8 Å². The van der Waals surface area contributed by atoms with Gasteiger partial charge in [-0.25, -0.2) is 0 Å². The summed E-state index contributed by atoms with van der Waals surface area (Å²) in [5.41, 5.74) is 0. The van der Waals surface area contributed by atoms with Gasteiger partial charge in [0.1, 0.15) is 0 Å². The molecule has 1 saturated heterocycles. The molecule has 0 saturated carbocycles. The van der Waals surface area contributed by atoms with Gasteiger partial charge in [0.25, 0.3) is 0 Å². The Bertz CT molecular complexity index is 176. The van der Waals surface area contributed by atoms with E-state index in [-0.39, 0.29) is 6.42 Å². The van der Waals surface area contributed by atoms with Gasteiger partial charge < -0.3 is 9.84 Å². The molecule has 1 fully saturated rings. The Hall–Kier alpha value is -0.610. The van der Waals surface area contributed by atoms with Crippen LogP contribution in [-0.2, 0) is 9.53 Å². The van der Waals surface area contributed by atoms with Gasteiger partial charge in [0.05, 0.1) is 6.61 Å². The highest BCUT2D eigenvalue weighted by Gasteiger charge is 2.16. The summed E-state index contributed by atoms with van der Waals surface area (Å²) in [5.74, 6) is -0.706. The summed E-state index contributed by atoms with van der Waals surface area (Å²) in [6, 6.07) is 0.354. The van der Waals surface area contributed by atoms with Crippen molar-refractivity contribution in [3.63, 3.8) is 0 Å². The minimum atomic E-state index is -0.706. The van der Waals surface area contributed by atoms with Gasteiger partial charge in [-0.1, -0.05) is 0 Å². The van der Waals surface area contributed by atoms with Crippen molar-refractivity contribution >= 4 is 5.97 Å². The second-order valence-corrected chi connectivity index (χ2v) is 3.78. The molecule has 0 aromatic rings. The van der Waals surface area contributed by atoms with Crippen LogP contribution in [0.25, 0.3) is 0 Å². The average molecular weight is 201 g/mol. The Morgan fingerprint density at radius 3 is 3.00 bits per heavy atom. The first-order chi connectivity index (χ1) is 6.70. The maximum absolute atomic E-state index is 10.4. The van der Waals surface area contributed by atoms with Gasteiger partial charge in [-0.15, -0.1) is 0 Å². The summed E-state index contributed by atoms with van der Waals surface area (Å²) < 4.78 is 5.34. The summed E-state index contributed by atoms with van der Waals surface area (Å²) in [4.78, 5) is 12.7. The van der Waals surface area contributed by atoms with Crippen LogP contribution in [0.15, 0.2) is 0 Å². The molecule has 0 aromatic heterocycles. The van der Waals surface area contributed by atoms with Gasteiger partial charge in [-0.2, -0.15) is 0 Å². The van der Waals surface area contributed by atoms with E-state index in [2.05, 4.69) is 11.8 Å². The highest BCUT2D eigenvalue weighted by Crippen LogP contribution is 2.09. The monoisotopic (exact) mass is 201 g/mol. The molecule has 1 rings (SSSR count). The molecule has 1 unspecified atom stereocenters. The van der Waals surface area contributed by atoms with Crippen LogP contribution in [0.3, 0.4) is 0 Å². The van der Waals surface area contributed by atoms with Crippen molar-refractivity contribution in [1.82, 2.24) is 4.90 Å². The largest absolute Gasteiger partial charge is 0.481 e. The third-order valence-corrected chi connectivity index (χ3v) is 2.66. The fraction of sp³-hybridized carbons (Fsp3) is 0.900. The molecule has 14 heavy (non-hydrogen) atoms. The van der Waals surface area contributed by atoms with Crippen LogP contribution in [0.4, 0.5) is 0 Å². The average Bonchev–Trinajstić information content (AvgIpc) is 2.42. The molecule has 0 amide bonds. The first-order valence-corrected chi connectivity index (χ1v) is 5.23. The number of carboxylic acid groups (broad SMARTS) is 1. The van der Waals surface area contributed by atoms with E-state index in [0.717, 1.165) is 39.1 Å². The van der Waals surface area contributed by atoms with Gasteiger partial charge in [0, 0.05) is 32.2 Å². The maximum Gasteiger partial charge on any atom is 0.303 e. The van der Waals surface area contributed by atoms with E-state index in [9.17, 15) is 4.79 Å². The van der Waals surface area contributed by atoms with E-state index in [1.165, 1.54) is 0 Å². The number of hydrogen-bond donors (Lipinski definition) is 1. The maximum atomic E-state index is 10.4. The Balaban J connectivity index is 2.26. The molecule has 1 heterocycles. The van der Waals surface area contributed by atoms with Crippen molar-refractivity contribution in [3.05, 3.63) is 0 Å². The molecule has 4 nitrogen and oxygen atoms in total. The number of hydrogen-bond acceptors (Lipinski definition) is 3. The van der Waals surface area contributed by atoms with Gasteiger partial charge >= 0.3 is 5.97 Å². The predicted molar refractivity (Wildman–Crippen MR) is 53.3 cm³/mol. The van der Waals surface area contributed by atoms with Crippen LogP contribution < -0.4 is 0 Å². The summed E-state index contributed by atoms with van der Waals surface area (Å²) in [6.45, 7) is 5.66. The molecule has 1 aliphatic heterocycles. The Labute approximate surface area is 84.8 Å². The molecule has 0 radical (unpaired) electrons. The summed E-state index contributed by atoms with van der Waals surface area (Å²) in [7, 11) is 0. The number of carboxylic acids is 1. The first-order valence-electron chi connectivity index (χ1n) is 5.23. The van der Waals surface area contributed by atoms with Crippen molar-refractivity contribution < 1.29 is 14.6 Å². The molecule has 0 aromatic carbocycles. The van der Waals surface area contributed by atoms with Crippen LogP contribution in [0.5, 0.6) is 0 Å². The molecular formula is C10H19NO3. The first kappa shape index (κ1) is 11.5. The second-order valence-electron chi connectivity index (χ2n) is 3.78. The van der Waals surface area contributed by atoms with Gasteiger partial charge in [0.15, 0.2) is 0 Å². The minimum absolute atomic E-state index is 0.262. The zero-order valence-electron chi connectivity index (χ0n) is 8.74. The molecule has 4 heteroatoms. The van der Waals surface area contributed by atoms with Crippen molar-refractivity contribution in [2.24, 2.45) is 0 Å². The number of carbonyl (C=O) groups is 1. The zero-order chi connectivity index (χ0) is 10.4. The summed E-state index contributed by atoms with van der Waals surface area (Å²) in [6.07, 6.45) is 2.05. The Kier molecular flexibility index (Phi) is 4.90. The second kappa shape index (κ2) is 5.98. The zero-order valence-corrected chi connectivity index (χ0v) is 8.74. The van der Waals surface area contributed by atoms with E-state index in [0.29, 0.717) is 6.04 Å². The van der Waals surface area contributed by atoms with E-state index < -0.39 is 5.97 Å². The standard InChI is InChI=1S/C10H19NO3/c1-9(3-4-10(12)13)11-5-2-7-14-8-6-11/h9H,2-8H2,1H3,(H,12,13). The van der Waals surface area contributed by atoms with Crippen molar-refractivity contribution in [2.75, 3.05) is 26.3 Å². The quantitative estimate of drug-likeness (QED) is 0.736. The number of rotatable bonds is 4. The van der Waals surface area contributed by atoms with E-state index in [1.807, 2.05) is 0 Å². The third-order valence-electron chi connectivity index (χ3n) is 2.66. The van der Waals surface area contributed by atoms with Crippen molar-refractivity contribution in [2.45, 2.75) is 32.2 Å². The predicted octanol–water partition coefficient (Wildman–Crippen LogP) is 0.962. The number of nitrogens with zero attached hydrogens (tertiary/aromatic N) is 1. The fourth-order valence-electron chi connectivity index (χ4n) is 1.72. The lowest BCUT2D eigenvalue weighted by Gasteiger charge is -2.26. The highest BCUT2D eigenvalue weighted by atomic mass is 16.5. The van der Waals surface area contributed by atoms with E-state index >= 15 is 0 Å². The van der Waals surface area contributed by atoms with Gasteiger partial charge in [0.2, 0.25) is 0 Å². The molecule has 1 aliphatic rings. The van der Waals surface area contributed by atoms with Crippen LogP contribution in [0, 0.1) is 0 Å². The Morgan fingerprint density at radius 2 is 2.29 bits per heavy atom. The fourth-order valence-corrected chi connectivity index (χ4v) is 1.72. The van der Waals surface area contributed by atoms with Crippen LogP contribution in [-0.4, -0.2) is 48.3 Å². The molecule has 1 atom stereocenters. The molecule has 1 N–H and O–H groups in total. The molecule has 0 bridgehead atoms. The number of aliphatic carboxylic acids is 1. The highest BCUT2D eigenvalue weighted by molar-refractivity contribution is 5.66. The molecule has 0 aliphatic carbocycles. The lowest BCUT2D eigenvalue weighted by molar-refractivity contribution is -0.137. The lowest BCUT2D eigenvalue weighted by atomic mass is 10.1. The summed E-state index contributed by atoms with van der Waals surface area (Å²) >= 11 is 0. The Morgan fingerprint density at radius 1 is 1.50 bits per heavy atom. The van der Waals surface area contributed by atoms with Crippen LogP contribution in [0.2, 0.25) is 0 Å². The smallest absolute Gasteiger partial charge is 0.303 e.